The van der Waals surface area contributed by atoms with Gasteiger partial charge in [-0.05, 0) is 18.9 Å². The molecule has 2 nitrogen and oxygen atoms in total. The van der Waals surface area contributed by atoms with Crippen molar-refractivity contribution in [1.82, 2.24) is 0 Å². The molecule has 0 aliphatic heterocycles. The number of allylic oxidation sites excluding steroid dienone is 1. The van der Waals surface area contributed by atoms with Crippen LogP contribution in [0.1, 0.15) is 90.4 Å². The highest BCUT2D eigenvalue weighted by Gasteiger charge is 1.92. The van der Waals surface area contributed by atoms with E-state index in [4.69, 9.17) is 9.47 Å². The first-order valence-corrected chi connectivity index (χ1v) is 8.67. The van der Waals surface area contributed by atoms with Gasteiger partial charge >= 0.3 is 0 Å². The fourth-order valence-electron chi connectivity index (χ4n) is 2.35. The van der Waals surface area contributed by atoms with Crippen molar-refractivity contribution in [2.45, 2.75) is 90.4 Å². The van der Waals surface area contributed by atoms with Crippen LogP contribution in [-0.2, 0) is 9.47 Å². The van der Waals surface area contributed by atoms with Crippen molar-refractivity contribution in [2.75, 3.05) is 13.9 Å². The van der Waals surface area contributed by atoms with Crippen LogP contribution in [0.25, 0.3) is 0 Å². The molecule has 0 atom stereocenters. The second kappa shape index (κ2) is 18.5. The Hall–Kier alpha value is -0.500. The molecule has 20 heavy (non-hydrogen) atoms. The Bertz CT molecular complexity index is 190. The highest BCUT2D eigenvalue weighted by atomic mass is 16.7. The van der Waals surface area contributed by atoms with E-state index in [1.165, 1.54) is 77.0 Å². The average molecular weight is 284 g/mol. The van der Waals surface area contributed by atoms with Crippen LogP contribution in [0.15, 0.2) is 12.3 Å². The highest BCUT2D eigenvalue weighted by molar-refractivity contribution is 4.72. The molecule has 0 aromatic heterocycles. The Morgan fingerprint density at radius 2 is 1.20 bits per heavy atom. The molecular weight excluding hydrogens is 248 g/mol. The van der Waals surface area contributed by atoms with E-state index in [-0.39, 0.29) is 0 Å². The Balaban J connectivity index is 2.97. The van der Waals surface area contributed by atoms with Crippen LogP contribution in [0.2, 0.25) is 0 Å². The van der Waals surface area contributed by atoms with Crippen LogP contribution in [0, 0.1) is 0 Å². The third-order valence-corrected chi connectivity index (χ3v) is 3.60. The largest absolute Gasteiger partial charge is 0.476 e. The first-order valence-electron chi connectivity index (χ1n) is 8.67. The summed E-state index contributed by atoms with van der Waals surface area (Å²) in [5, 5.41) is 0. The summed E-state index contributed by atoms with van der Waals surface area (Å²) >= 11 is 0. The maximum atomic E-state index is 5.09. The normalized spacial score (nSPS) is 11.3. The third-order valence-electron chi connectivity index (χ3n) is 3.60. The predicted molar refractivity (Wildman–Crippen MR) is 87.8 cm³/mol. The van der Waals surface area contributed by atoms with Gasteiger partial charge in [-0.15, -0.1) is 0 Å². The molecular formula is C18H36O2. The molecule has 0 unspecified atom stereocenters. The Morgan fingerprint density at radius 3 is 1.70 bits per heavy atom. The molecule has 0 aliphatic rings. The van der Waals surface area contributed by atoms with E-state index in [2.05, 4.69) is 13.0 Å². The minimum atomic E-state index is 0.356. The van der Waals surface area contributed by atoms with Crippen LogP contribution in [0.3, 0.4) is 0 Å². The van der Waals surface area contributed by atoms with Crippen molar-refractivity contribution >= 4 is 0 Å². The number of hydrogen-bond acceptors (Lipinski definition) is 2. The maximum Gasteiger partial charge on any atom is 0.187 e. The van der Waals surface area contributed by atoms with Crippen molar-refractivity contribution in [3.05, 3.63) is 12.3 Å². The topological polar surface area (TPSA) is 18.5 Å². The third kappa shape index (κ3) is 17.5. The molecule has 0 radical (unpaired) electrons. The van der Waals surface area contributed by atoms with Gasteiger partial charge < -0.3 is 9.47 Å². The SMILES string of the molecule is CCCCCCCCCCCCCCC=COCOC. The van der Waals surface area contributed by atoms with Crippen LogP contribution in [-0.4, -0.2) is 13.9 Å². The van der Waals surface area contributed by atoms with E-state index in [0.29, 0.717) is 6.79 Å². The van der Waals surface area contributed by atoms with Crippen molar-refractivity contribution in [3.63, 3.8) is 0 Å². The van der Waals surface area contributed by atoms with Gasteiger partial charge in [0.25, 0.3) is 0 Å². The van der Waals surface area contributed by atoms with Crippen LogP contribution < -0.4 is 0 Å². The lowest BCUT2D eigenvalue weighted by Crippen LogP contribution is -1.87. The standard InChI is InChI=1S/C18H36O2/c1-3-4-5-6-7-8-9-10-11-12-13-14-15-16-17-20-18-19-2/h16-17H,3-15,18H2,1-2H3. The Kier molecular flexibility index (Phi) is 18.0. The lowest BCUT2D eigenvalue weighted by molar-refractivity contribution is 0.0196. The molecule has 0 spiro atoms. The van der Waals surface area contributed by atoms with Crippen LogP contribution >= 0.6 is 0 Å². The second-order valence-corrected chi connectivity index (χ2v) is 5.62. The van der Waals surface area contributed by atoms with Crippen LogP contribution in [0.5, 0.6) is 0 Å². The first-order chi connectivity index (χ1) is 9.91. The van der Waals surface area contributed by atoms with Gasteiger partial charge in [0, 0.05) is 7.11 Å². The molecule has 0 N–H and O–H groups in total. The van der Waals surface area contributed by atoms with E-state index in [1.807, 2.05) is 0 Å². The zero-order valence-corrected chi connectivity index (χ0v) is 13.9. The van der Waals surface area contributed by atoms with Crippen molar-refractivity contribution < 1.29 is 9.47 Å². The average Bonchev–Trinajstić information content (AvgIpc) is 2.47. The molecule has 0 amide bonds. The van der Waals surface area contributed by atoms with Gasteiger partial charge in [0.2, 0.25) is 0 Å². The monoisotopic (exact) mass is 284 g/mol. The van der Waals surface area contributed by atoms with E-state index in [0.717, 1.165) is 6.42 Å². The fourth-order valence-corrected chi connectivity index (χ4v) is 2.35. The molecule has 0 saturated carbocycles. The number of hydrogen-bond donors (Lipinski definition) is 0. The summed E-state index contributed by atoms with van der Waals surface area (Å²) in [5.74, 6) is 0. The van der Waals surface area contributed by atoms with E-state index >= 15 is 0 Å². The van der Waals surface area contributed by atoms with Gasteiger partial charge in [-0.2, -0.15) is 0 Å². The van der Waals surface area contributed by atoms with Gasteiger partial charge in [-0.25, -0.2) is 0 Å². The smallest absolute Gasteiger partial charge is 0.187 e. The fraction of sp³-hybridized carbons (Fsp3) is 0.889. The Labute approximate surface area is 126 Å². The Morgan fingerprint density at radius 1 is 0.700 bits per heavy atom. The second-order valence-electron chi connectivity index (χ2n) is 5.62. The first kappa shape index (κ1) is 19.5. The number of unbranched alkanes of at least 4 members (excludes halogenated alkanes) is 12. The molecule has 0 fully saturated rings. The van der Waals surface area contributed by atoms with Gasteiger partial charge in [-0.3, -0.25) is 0 Å². The molecule has 0 bridgehead atoms. The lowest BCUT2D eigenvalue weighted by Gasteiger charge is -2.02. The summed E-state index contributed by atoms with van der Waals surface area (Å²) < 4.78 is 9.87. The summed E-state index contributed by atoms with van der Waals surface area (Å²) in [4.78, 5) is 0. The van der Waals surface area contributed by atoms with Crippen LogP contribution in [0.4, 0.5) is 0 Å². The number of methoxy groups -OCH3 is 1. The molecule has 0 rings (SSSR count). The maximum absolute atomic E-state index is 5.09. The summed E-state index contributed by atoms with van der Waals surface area (Å²) in [6, 6.07) is 0. The zero-order valence-electron chi connectivity index (χ0n) is 13.9. The minimum absolute atomic E-state index is 0.356. The van der Waals surface area contributed by atoms with E-state index in [1.54, 1.807) is 13.4 Å². The molecule has 0 aromatic carbocycles. The molecule has 2 heteroatoms. The predicted octanol–water partition coefficient (Wildman–Crippen LogP) is 6.21. The molecule has 0 aliphatic carbocycles. The van der Waals surface area contributed by atoms with Crippen molar-refractivity contribution in [2.24, 2.45) is 0 Å². The zero-order chi connectivity index (χ0) is 14.7. The minimum Gasteiger partial charge on any atom is -0.476 e. The van der Waals surface area contributed by atoms with E-state index < -0.39 is 0 Å². The number of rotatable bonds is 16. The molecule has 120 valence electrons. The summed E-state index contributed by atoms with van der Waals surface area (Å²) in [6.07, 6.45) is 21.9. The van der Waals surface area contributed by atoms with Gasteiger partial charge in [0.1, 0.15) is 0 Å². The van der Waals surface area contributed by atoms with Crippen molar-refractivity contribution in [3.8, 4) is 0 Å². The van der Waals surface area contributed by atoms with Gasteiger partial charge in [-0.1, -0.05) is 77.6 Å². The van der Waals surface area contributed by atoms with Crippen molar-refractivity contribution in [1.29, 1.82) is 0 Å². The van der Waals surface area contributed by atoms with Gasteiger partial charge in [0.15, 0.2) is 6.79 Å². The molecule has 0 aromatic rings. The number of ether oxygens (including phenoxy) is 2. The summed E-state index contributed by atoms with van der Waals surface area (Å²) in [6.45, 7) is 2.64. The molecule has 0 heterocycles. The highest BCUT2D eigenvalue weighted by Crippen LogP contribution is 2.12. The summed E-state index contributed by atoms with van der Waals surface area (Å²) in [7, 11) is 1.64. The van der Waals surface area contributed by atoms with Gasteiger partial charge in [0.05, 0.1) is 6.26 Å². The summed E-state index contributed by atoms with van der Waals surface area (Å²) in [5.41, 5.74) is 0. The lowest BCUT2D eigenvalue weighted by atomic mass is 10.0. The molecule has 0 saturated heterocycles. The quantitative estimate of drug-likeness (QED) is 0.190. The van der Waals surface area contributed by atoms with E-state index in [9.17, 15) is 0 Å².